The van der Waals surface area contributed by atoms with Crippen LogP contribution in [0.4, 0.5) is 0 Å². The molecule has 2 amide bonds. The van der Waals surface area contributed by atoms with E-state index in [9.17, 15) is 14.4 Å². The van der Waals surface area contributed by atoms with Crippen LogP contribution < -0.4 is 15.4 Å². The first-order chi connectivity index (χ1) is 12.6. The zero-order chi connectivity index (χ0) is 18.8. The van der Waals surface area contributed by atoms with Crippen molar-refractivity contribution >= 4 is 17.8 Å². The van der Waals surface area contributed by atoms with Gasteiger partial charge in [-0.2, -0.15) is 0 Å². The van der Waals surface area contributed by atoms with Gasteiger partial charge >= 0.3 is 5.97 Å². The van der Waals surface area contributed by atoms with Crippen LogP contribution in [0.25, 0.3) is 0 Å². The van der Waals surface area contributed by atoms with Gasteiger partial charge in [0.05, 0.1) is 18.3 Å². The highest BCUT2D eigenvalue weighted by Gasteiger charge is 2.17. The van der Waals surface area contributed by atoms with E-state index in [2.05, 4.69) is 10.6 Å². The van der Waals surface area contributed by atoms with Crippen molar-refractivity contribution in [2.75, 3.05) is 32.9 Å². The van der Waals surface area contributed by atoms with E-state index in [0.29, 0.717) is 31.1 Å². The Morgan fingerprint density at radius 1 is 1.23 bits per heavy atom. The number of ether oxygens (including phenoxy) is 3. The maximum Gasteiger partial charge on any atom is 0.325 e. The minimum atomic E-state index is -0.695. The van der Waals surface area contributed by atoms with E-state index in [0.717, 1.165) is 12.8 Å². The molecule has 1 atom stereocenters. The molecule has 8 nitrogen and oxygen atoms in total. The molecule has 0 saturated carbocycles. The minimum absolute atomic E-state index is 0.0272. The fourth-order valence-electron chi connectivity index (χ4n) is 2.46. The fraction of sp³-hybridized carbons (Fsp3) is 0.500. The van der Waals surface area contributed by atoms with Crippen molar-refractivity contribution in [3.05, 3.63) is 29.8 Å². The average Bonchev–Trinajstić information content (AvgIpc) is 3.17. The van der Waals surface area contributed by atoms with E-state index in [1.165, 1.54) is 0 Å². The molecular formula is C18H24N2O6. The number of hydrogen-bond acceptors (Lipinski definition) is 6. The number of benzene rings is 1. The monoisotopic (exact) mass is 364 g/mol. The molecule has 0 unspecified atom stereocenters. The van der Waals surface area contributed by atoms with E-state index in [1.54, 1.807) is 24.3 Å². The van der Waals surface area contributed by atoms with Gasteiger partial charge in [-0.05, 0) is 31.9 Å². The van der Waals surface area contributed by atoms with E-state index in [4.69, 9.17) is 14.2 Å². The molecule has 1 aliphatic rings. The summed E-state index contributed by atoms with van der Waals surface area (Å²) in [4.78, 5) is 35.5. The van der Waals surface area contributed by atoms with Gasteiger partial charge in [-0.3, -0.25) is 14.4 Å². The topological polar surface area (TPSA) is 103 Å². The number of para-hydroxylation sites is 1. The zero-order valence-corrected chi connectivity index (χ0v) is 14.8. The first kappa shape index (κ1) is 19.7. The first-order valence-corrected chi connectivity index (χ1v) is 8.64. The van der Waals surface area contributed by atoms with Crippen LogP contribution >= 0.6 is 0 Å². The molecule has 1 aromatic carbocycles. The number of rotatable bonds is 9. The quantitative estimate of drug-likeness (QED) is 0.624. The lowest BCUT2D eigenvalue weighted by atomic mass is 10.2. The van der Waals surface area contributed by atoms with Crippen molar-refractivity contribution in [3.63, 3.8) is 0 Å². The van der Waals surface area contributed by atoms with Gasteiger partial charge in [0.25, 0.3) is 11.8 Å². The molecule has 2 rings (SSSR count). The lowest BCUT2D eigenvalue weighted by molar-refractivity contribution is -0.147. The summed E-state index contributed by atoms with van der Waals surface area (Å²) in [5.41, 5.74) is 0.330. The third-order valence-corrected chi connectivity index (χ3v) is 3.74. The summed E-state index contributed by atoms with van der Waals surface area (Å²) in [5, 5.41) is 5.10. The predicted octanol–water partition coefficient (Wildman–Crippen LogP) is 0.653. The van der Waals surface area contributed by atoms with Crippen molar-refractivity contribution < 1.29 is 28.6 Å². The Balaban J connectivity index is 1.67. The second kappa shape index (κ2) is 10.4. The molecule has 1 aliphatic heterocycles. The third kappa shape index (κ3) is 6.36. The van der Waals surface area contributed by atoms with Crippen molar-refractivity contribution in [1.29, 1.82) is 0 Å². The Morgan fingerprint density at radius 2 is 2.04 bits per heavy atom. The molecule has 0 aromatic heterocycles. The van der Waals surface area contributed by atoms with Crippen LogP contribution in [0.2, 0.25) is 0 Å². The van der Waals surface area contributed by atoms with Crippen LogP contribution in [0.5, 0.6) is 5.75 Å². The Morgan fingerprint density at radius 3 is 2.77 bits per heavy atom. The standard InChI is InChI=1S/C18H24N2O6/c1-2-24-15-8-4-3-7-14(15)18(23)20-11-17(22)26-12-16(21)19-10-13-6-5-9-25-13/h3-4,7-8,13H,2,5-6,9-12H2,1H3,(H,19,21)(H,20,23)/t13-/m1/s1. The van der Waals surface area contributed by atoms with Gasteiger partial charge in [0.15, 0.2) is 6.61 Å². The summed E-state index contributed by atoms with van der Waals surface area (Å²) in [7, 11) is 0. The number of hydrogen-bond donors (Lipinski definition) is 2. The summed E-state index contributed by atoms with van der Waals surface area (Å²) in [5.74, 6) is -1.11. The van der Waals surface area contributed by atoms with Crippen LogP contribution in [0.3, 0.4) is 0 Å². The largest absolute Gasteiger partial charge is 0.493 e. The molecule has 0 spiro atoms. The van der Waals surface area contributed by atoms with Gasteiger partial charge in [0.2, 0.25) is 0 Å². The summed E-state index contributed by atoms with van der Waals surface area (Å²) in [6.07, 6.45) is 1.93. The summed E-state index contributed by atoms with van der Waals surface area (Å²) < 4.78 is 15.6. The normalized spacial score (nSPS) is 16.0. The molecule has 0 aliphatic carbocycles. The van der Waals surface area contributed by atoms with Crippen molar-refractivity contribution in [1.82, 2.24) is 10.6 Å². The van der Waals surface area contributed by atoms with Gasteiger partial charge in [0.1, 0.15) is 12.3 Å². The maximum atomic E-state index is 12.1. The summed E-state index contributed by atoms with van der Waals surface area (Å²) in [6, 6.07) is 6.73. The average molecular weight is 364 g/mol. The van der Waals surface area contributed by atoms with Crippen molar-refractivity contribution in [2.24, 2.45) is 0 Å². The van der Waals surface area contributed by atoms with Gasteiger partial charge in [-0.15, -0.1) is 0 Å². The van der Waals surface area contributed by atoms with Gasteiger partial charge in [-0.1, -0.05) is 12.1 Å². The molecule has 8 heteroatoms. The second-order valence-electron chi connectivity index (χ2n) is 5.71. The van der Waals surface area contributed by atoms with Gasteiger partial charge in [0, 0.05) is 13.2 Å². The first-order valence-electron chi connectivity index (χ1n) is 8.64. The fourth-order valence-corrected chi connectivity index (χ4v) is 2.46. The third-order valence-electron chi connectivity index (χ3n) is 3.74. The Kier molecular flexibility index (Phi) is 7.88. The molecule has 1 saturated heterocycles. The Labute approximate surface area is 152 Å². The molecule has 1 aromatic rings. The molecule has 1 fully saturated rings. The highest BCUT2D eigenvalue weighted by molar-refractivity contribution is 5.98. The number of carbonyl (C=O) groups is 3. The summed E-state index contributed by atoms with van der Waals surface area (Å²) in [6.45, 7) is 2.63. The van der Waals surface area contributed by atoms with Gasteiger partial charge in [-0.25, -0.2) is 0 Å². The Bertz CT molecular complexity index is 628. The predicted molar refractivity (Wildman–Crippen MR) is 92.9 cm³/mol. The van der Waals surface area contributed by atoms with Crippen LogP contribution in [-0.4, -0.2) is 56.8 Å². The number of amides is 2. The maximum absolute atomic E-state index is 12.1. The van der Waals surface area contributed by atoms with E-state index >= 15 is 0 Å². The molecule has 2 N–H and O–H groups in total. The minimum Gasteiger partial charge on any atom is -0.493 e. The molecular weight excluding hydrogens is 340 g/mol. The molecule has 142 valence electrons. The van der Waals surface area contributed by atoms with E-state index < -0.39 is 24.4 Å². The van der Waals surface area contributed by atoms with E-state index in [-0.39, 0.29) is 12.6 Å². The van der Waals surface area contributed by atoms with Crippen LogP contribution in [0.15, 0.2) is 24.3 Å². The summed E-state index contributed by atoms with van der Waals surface area (Å²) >= 11 is 0. The number of carbonyl (C=O) groups excluding carboxylic acids is 3. The Hall–Kier alpha value is -2.61. The van der Waals surface area contributed by atoms with Crippen molar-refractivity contribution in [2.45, 2.75) is 25.9 Å². The highest BCUT2D eigenvalue weighted by Crippen LogP contribution is 2.17. The second-order valence-corrected chi connectivity index (χ2v) is 5.71. The SMILES string of the molecule is CCOc1ccccc1C(=O)NCC(=O)OCC(=O)NC[C@H]1CCCO1. The van der Waals surface area contributed by atoms with E-state index in [1.807, 2.05) is 6.92 Å². The van der Waals surface area contributed by atoms with Crippen molar-refractivity contribution in [3.8, 4) is 5.75 Å². The molecule has 26 heavy (non-hydrogen) atoms. The lowest BCUT2D eigenvalue weighted by Crippen LogP contribution is -2.36. The number of nitrogens with one attached hydrogen (secondary N) is 2. The van der Waals surface area contributed by atoms with Crippen LogP contribution in [0, 0.1) is 0 Å². The molecule has 0 bridgehead atoms. The lowest BCUT2D eigenvalue weighted by Gasteiger charge is -2.12. The zero-order valence-electron chi connectivity index (χ0n) is 14.8. The molecule has 1 heterocycles. The molecule has 0 radical (unpaired) electrons. The van der Waals surface area contributed by atoms with Gasteiger partial charge < -0.3 is 24.8 Å². The highest BCUT2D eigenvalue weighted by atomic mass is 16.5. The number of esters is 1. The van der Waals surface area contributed by atoms with Crippen LogP contribution in [-0.2, 0) is 19.1 Å². The van der Waals surface area contributed by atoms with Crippen LogP contribution in [0.1, 0.15) is 30.1 Å². The smallest absolute Gasteiger partial charge is 0.325 e.